The van der Waals surface area contributed by atoms with Crippen LogP contribution in [0.2, 0.25) is 0 Å². The van der Waals surface area contributed by atoms with Gasteiger partial charge in [0.15, 0.2) is 6.19 Å². The van der Waals surface area contributed by atoms with Gasteiger partial charge < -0.3 is 19.3 Å². The molecule has 0 aliphatic carbocycles. The van der Waals surface area contributed by atoms with Gasteiger partial charge >= 0.3 is 0 Å². The van der Waals surface area contributed by atoms with E-state index in [4.69, 9.17) is 14.7 Å². The number of hydrogen-bond donors (Lipinski definition) is 2. The van der Waals surface area contributed by atoms with Crippen LogP contribution < -0.4 is 13.9 Å². The molecule has 4 rings (SSSR count). The zero-order chi connectivity index (χ0) is 19.7. The van der Waals surface area contributed by atoms with Crippen LogP contribution in [0, 0.1) is 11.5 Å². The Morgan fingerprint density at radius 3 is 2.64 bits per heavy atom. The third-order valence-electron chi connectivity index (χ3n) is 5.65. The van der Waals surface area contributed by atoms with E-state index in [-0.39, 0.29) is 6.04 Å². The van der Waals surface area contributed by atoms with E-state index in [1.54, 1.807) is 20.6 Å². The summed E-state index contributed by atoms with van der Waals surface area (Å²) in [4.78, 5) is 3.87. The van der Waals surface area contributed by atoms with E-state index in [9.17, 15) is 9.11 Å². The lowest BCUT2D eigenvalue weighted by molar-refractivity contribution is 0.122. The van der Waals surface area contributed by atoms with Crippen LogP contribution in [-0.4, -0.2) is 83.9 Å². The topological polar surface area (TPSA) is 95.7 Å². The lowest BCUT2D eigenvalue weighted by atomic mass is 10.2. The van der Waals surface area contributed by atoms with Gasteiger partial charge in [0, 0.05) is 32.7 Å². The number of ether oxygens (including phenoxy) is 2. The Bertz CT molecular complexity index is 752. The molecule has 2 N–H and O–H groups in total. The first kappa shape index (κ1) is 19.4. The zero-order valence-electron chi connectivity index (χ0n) is 16.0. The van der Waals surface area contributed by atoms with Crippen molar-refractivity contribution in [2.75, 3.05) is 68.8 Å². The van der Waals surface area contributed by atoms with Crippen molar-refractivity contribution in [3.63, 3.8) is 0 Å². The lowest BCUT2D eigenvalue weighted by Gasteiger charge is -2.45. The van der Waals surface area contributed by atoms with Crippen LogP contribution in [0.15, 0.2) is 18.2 Å². The summed E-state index contributed by atoms with van der Waals surface area (Å²) < 4.78 is 36.5. The summed E-state index contributed by atoms with van der Waals surface area (Å²) >= 11 is 0. The Morgan fingerprint density at radius 2 is 1.96 bits per heavy atom. The summed E-state index contributed by atoms with van der Waals surface area (Å²) in [6, 6.07) is 5.70. The van der Waals surface area contributed by atoms with E-state index in [0.29, 0.717) is 39.4 Å². The monoisotopic (exact) mass is 409 g/mol. The highest BCUT2D eigenvalue weighted by atomic mass is 32.3. The molecule has 3 saturated heterocycles. The summed E-state index contributed by atoms with van der Waals surface area (Å²) in [5.41, 5.74) is 1.70. The Kier molecular flexibility index (Phi) is 5.44. The highest BCUT2D eigenvalue weighted by Gasteiger charge is 2.43. The molecule has 0 saturated carbocycles. The molecule has 0 bridgehead atoms. The number of methoxy groups -OCH3 is 1. The number of likely N-dealkylation sites (tertiary alicyclic amines) is 1. The van der Waals surface area contributed by atoms with Crippen molar-refractivity contribution in [1.82, 2.24) is 9.21 Å². The largest absolute Gasteiger partial charge is 0.495 e. The second-order valence-corrected chi connectivity index (χ2v) is 9.07. The zero-order valence-corrected chi connectivity index (χ0v) is 16.8. The number of nitrogens with zero attached hydrogens (tertiary/aromatic N) is 5. The summed E-state index contributed by atoms with van der Waals surface area (Å²) in [5.74, 6) is 0.763. The van der Waals surface area contributed by atoms with Crippen molar-refractivity contribution in [3.8, 4) is 11.9 Å². The van der Waals surface area contributed by atoms with Crippen molar-refractivity contribution in [1.29, 1.82) is 5.26 Å². The molecule has 1 aromatic rings. The van der Waals surface area contributed by atoms with Crippen LogP contribution in [-0.2, 0) is 4.74 Å². The van der Waals surface area contributed by atoms with Crippen LogP contribution in [0.3, 0.4) is 0 Å². The van der Waals surface area contributed by atoms with Crippen molar-refractivity contribution in [2.45, 2.75) is 12.5 Å². The number of hydrogen-bond acceptors (Lipinski definition) is 9. The minimum Gasteiger partial charge on any atom is -0.495 e. The molecule has 0 amide bonds. The first-order valence-electron chi connectivity index (χ1n) is 9.52. The van der Waals surface area contributed by atoms with Gasteiger partial charge in [-0.2, -0.15) is 9.57 Å². The van der Waals surface area contributed by atoms with Gasteiger partial charge in [-0.05, 0) is 24.6 Å². The van der Waals surface area contributed by atoms with Crippen molar-refractivity contribution in [3.05, 3.63) is 18.2 Å². The van der Waals surface area contributed by atoms with Gasteiger partial charge in [-0.15, -0.1) is 0 Å². The molecular weight excluding hydrogens is 382 g/mol. The summed E-state index contributed by atoms with van der Waals surface area (Å²) in [6.07, 6.45) is 2.92. The fourth-order valence-electron chi connectivity index (χ4n) is 4.17. The van der Waals surface area contributed by atoms with E-state index in [2.05, 4.69) is 11.1 Å². The average molecular weight is 410 g/mol. The summed E-state index contributed by atoms with van der Waals surface area (Å²) in [5, 5.41) is 9.09. The van der Waals surface area contributed by atoms with Crippen LogP contribution in [0.1, 0.15) is 6.42 Å². The molecular formula is C18H27N5O4S. The summed E-state index contributed by atoms with van der Waals surface area (Å²) in [6.45, 7) is 5.17. The third-order valence-corrected chi connectivity index (χ3v) is 7.74. The third kappa shape index (κ3) is 3.44. The average Bonchev–Trinajstić information content (AvgIpc) is 3.31. The quantitative estimate of drug-likeness (QED) is 0.722. The number of anilines is 2. The van der Waals surface area contributed by atoms with E-state index in [0.717, 1.165) is 36.6 Å². The molecule has 154 valence electrons. The molecule has 1 aromatic carbocycles. The minimum absolute atomic E-state index is 0.0217. The van der Waals surface area contributed by atoms with Gasteiger partial charge in [0.1, 0.15) is 5.75 Å². The van der Waals surface area contributed by atoms with Gasteiger partial charge in [-0.3, -0.25) is 13.4 Å². The van der Waals surface area contributed by atoms with E-state index in [1.165, 1.54) is 0 Å². The SMILES string of the molecule is COc1ccc(N2CCN(C3CCN(C#N)C3)S2(O)O)cc1N1CCOCC1. The standard InChI is InChI=1S/C18H27N5O4S/c1-26-18-3-2-15(12-17(18)21-8-10-27-11-9-21)22-6-7-23(28(22,24)25)16-4-5-20(13-16)14-19/h2-3,12,16,24-25H,4-11,13H2,1H3. The molecule has 3 aliphatic rings. The Morgan fingerprint density at radius 1 is 1.18 bits per heavy atom. The fourth-order valence-corrected chi connectivity index (χ4v) is 6.04. The van der Waals surface area contributed by atoms with E-state index < -0.39 is 11.0 Å². The van der Waals surface area contributed by atoms with Gasteiger partial charge in [0.2, 0.25) is 0 Å². The molecule has 0 radical (unpaired) electrons. The number of benzene rings is 1. The second kappa shape index (κ2) is 7.85. The predicted molar refractivity (Wildman–Crippen MR) is 109 cm³/mol. The number of nitriles is 1. The normalized spacial score (nSPS) is 26.4. The maximum atomic E-state index is 11.0. The van der Waals surface area contributed by atoms with Crippen LogP contribution in [0.25, 0.3) is 0 Å². The first-order valence-corrected chi connectivity index (χ1v) is 11.0. The highest BCUT2D eigenvalue weighted by Crippen LogP contribution is 2.55. The lowest BCUT2D eigenvalue weighted by Crippen LogP contribution is -2.38. The van der Waals surface area contributed by atoms with E-state index >= 15 is 0 Å². The molecule has 28 heavy (non-hydrogen) atoms. The molecule has 0 spiro atoms. The minimum atomic E-state index is -3.12. The van der Waals surface area contributed by atoms with Gasteiger partial charge in [0.25, 0.3) is 0 Å². The number of morpholine rings is 1. The summed E-state index contributed by atoms with van der Waals surface area (Å²) in [7, 11) is -1.47. The number of rotatable bonds is 4. The van der Waals surface area contributed by atoms with Crippen LogP contribution >= 0.6 is 11.0 Å². The van der Waals surface area contributed by atoms with Gasteiger partial charge in [-0.25, -0.2) is 0 Å². The predicted octanol–water partition coefficient (Wildman–Crippen LogP) is 1.79. The Labute approximate surface area is 167 Å². The maximum Gasteiger partial charge on any atom is 0.179 e. The van der Waals surface area contributed by atoms with Gasteiger partial charge in [-0.1, -0.05) is 11.0 Å². The van der Waals surface area contributed by atoms with Crippen molar-refractivity contribution in [2.24, 2.45) is 0 Å². The molecule has 9 nitrogen and oxygen atoms in total. The Balaban J connectivity index is 1.58. The van der Waals surface area contributed by atoms with E-state index in [1.807, 2.05) is 18.2 Å². The first-order chi connectivity index (χ1) is 13.5. The second-order valence-electron chi connectivity index (χ2n) is 7.18. The smallest absolute Gasteiger partial charge is 0.179 e. The van der Waals surface area contributed by atoms with Gasteiger partial charge in [0.05, 0.1) is 44.3 Å². The molecule has 1 unspecified atom stereocenters. The molecule has 1 atom stereocenters. The van der Waals surface area contributed by atoms with Crippen molar-refractivity contribution < 1.29 is 18.6 Å². The molecule has 0 aromatic heterocycles. The maximum absolute atomic E-state index is 11.0. The highest BCUT2D eigenvalue weighted by molar-refractivity contribution is 8.23. The molecule has 3 heterocycles. The molecule has 3 aliphatic heterocycles. The van der Waals surface area contributed by atoms with Crippen LogP contribution in [0.5, 0.6) is 5.75 Å². The Hall–Kier alpha value is -1.90. The molecule has 10 heteroatoms. The van der Waals surface area contributed by atoms with Crippen molar-refractivity contribution >= 4 is 22.3 Å². The fraction of sp³-hybridized carbons (Fsp3) is 0.611. The van der Waals surface area contributed by atoms with Crippen LogP contribution in [0.4, 0.5) is 11.4 Å². The molecule has 3 fully saturated rings.